The minimum atomic E-state index is -1.62. The van der Waals surface area contributed by atoms with Crippen molar-refractivity contribution in [1.29, 1.82) is 0 Å². The third kappa shape index (κ3) is 4.69. The van der Waals surface area contributed by atoms with Crippen LogP contribution in [-0.2, 0) is 24.1 Å². The average Bonchev–Trinajstić information content (AvgIpc) is 2.72. The summed E-state index contributed by atoms with van der Waals surface area (Å²) in [5, 5.41) is 0.769. The van der Waals surface area contributed by atoms with Gasteiger partial charge in [-0.05, 0) is 50.5 Å². The lowest BCUT2D eigenvalue weighted by Gasteiger charge is -2.17. The summed E-state index contributed by atoms with van der Waals surface area (Å²) in [6.07, 6.45) is 0.0427. The van der Waals surface area contributed by atoms with Gasteiger partial charge in [0.25, 0.3) is 0 Å². The number of nitrogens with one attached hydrogen (secondary N) is 2. The molecule has 1 atom stereocenters. The number of fused-ring (bicyclic) bond motifs is 1. The summed E-state index contributed by atoms with van der Waals surface area (Å²) in [5.41, 5.74) is 1.43. The van der Waals surface area contributed by atoms with Gasteiger partial charge >= 0.3 is 5.63 Å². The lowest BCUT2D eigenvalue weighted by Crippen LogP contribution is -2.20. The number of benzene rings is 2. The first-order valence-corrected chi connectivity index (χ1v) is 10.4. The summed E-state index contributed by atoms with van der Waals surface area (Å²) in [5.74, 6) is 0.0164. The first-order chi connectivity index (χ1) is 14.3. The van der Waals surface area contributed by atoms with Gasteiger partial charge in [0.05, 0.1) is 12.8 Å². The van der Waals surface area contributed by atoms with Gasteiger partial charge < -0.3 is 14.1 Å². The van der Waals surface area contributed by atoms with Crippen LogP contribution in [0.5, 0.6) is 5.75 Å². The summed E-state index contributed by atoms with van der Waals surface area (Å²) < 4.78 is 42.5. The topological polar surface area (TPSA) is 83.8 Å². The molecule has 2 aromatic carbocycles. The number of nitrogens with zero attached hydrogens (tertiary/aromatic N) is 1. The highest BCUT2D eigenvalue weighted by Gasteiger charge is 2.19. The molecule has 9 heteroatoms. The lowest BCUT2D eigenvalue weighted by atomic mass is 9.97. The molecule has 0 saturated heterocycles. The third-order valence-corrected chi connectivity index (χ3v) is 5.41. The van der Waals surface area contributed by atoms with E-state index in [1.807, 2.05) is 25.1 Å². The highest BCUT2D eigenvalue weighted by atomic mass is 32.2. The molecule has 160 valence electrons. The maximum Gasteiger partial charge on any atom is 0.340 e. The molecule has 30 heavy (non-hydrogen) atoms. The molecule has 0 aliphatic rings. The predicted molar refractivity (Wildman–Crippen MR) is 116 cm³/mol. The number of anilines is 1. The molecule has 0 aliphatic heterocycles. The van der Waals surface area contributed by atoms with Crippen LogP contribution in [0.1, 0.15) is 16.7 Å². The number of ether oxygens (including phenoxy) is 1. The van der Waals surface area contributed by atoms with Crippen LogP contribution in [0.3, 0.4) is 0 Å². The number of methoxy groups -OCH3 is 1. The molecule has 7 nitrogen and oxygen atoms in total. The van der Waals surface area contributed by atoms with E-state index in [-0.39, 0.29) is 12.1 Å². The highest BCUT2D eigenvalue weighted by Crippen LogP contribution is 2.28. The van der Waals surface area contributed by atoms with Crippen molar-refractivity contribution < 1.29 is 17.8 Å². The van der Waals surface area contributed by atoms with Gasteiger partial charge in [0.1, 0.15) is 11.3 Å². The van der Waals surface area contributed by atoms with Crippen LogP contribution < -0.4 is 19.8 Å². The smallest absolute Gasteiger partial charge is 0.340 e. The number of hydrogen-bond acceptors (Lipinski definition) is 5. The van der Waals surface area contributed by atoms with Crippen LogP contribution in [0, 0.1) is 5.82 Å². The van der Waals surface area contributed by atoms with Gasteiger partial charge in [0.2, 0.25) is 0 Å². The second kappa shape index (κ2) is 9.38. The fourth-order valence-corrected chi connectivity index (χ4v) is 3.68. The molecule has 0 saturated carbocycles. The predicted octanol–water partition coefficient (Wildman–Crippen LogP) is 2.80. The minimum Gasteiger partial charge on any atom is -0.497 e. The summed E-state index contributed by atoms with van der Waals surface area (Å²) in [6.45, 7) is 0.479. The van der Waals surface area contributed by atoms with Crippen molar-refractivity contribution in [3.63, 3.8) is 0 Å². The summed E-state index contributed by atoms with van der Waals surface area (Å²) >= 11 is -1.62. The SMILES string of the molecule is CNS(=O)Nc1cccc(Cc2c(CN(C)C)c3ccc(OC)cc3oc2=O)c1F. The Balaban J connectivity index is 2.12. The van der Waals surface area contributed by atoms with Crippen molar-refractivity contribution >= 4 is 27.8 Å². The zero-order valence-electron chi connectivity index (χ0n) is 17.2. The Morgan fingerprint density at radius 2 is 1.97 bits per heavy atom. The molecule has 0 bridgehead atoms. The largest absolute Gasteiger partial charge is 0.497 e. The van der Waals surface area contributed by atoms with Crippen LogP contribution in [-0.4, -0.2) is 37.4 Å². The van der Waals surface area contributed by atoms with Gasteiger partial charge in [0, 0.05) is 30.0 Å². The van der Waals surface area contributed by atoms with Crippen molar-refractivity contribution in [3.05, 3.63) is 69.3 Å². The van der Waals surface area contributed by atoms with Crippen molar-refractivity contribution in [2.45, 2.75) is 13.0 Å². The van der Waals surface area contributed by atoms with E-state index in [1.165, 1.54) is 13.1 Å². The van der Waals surface area contributed by atoms with E-state index >= 15 is 4.39 Å². The molecule has 2 N–H and O–H groups in total. The van der Waals surface area contributed by atoms with Gasteiger partial charge in [-0.1, -0.05) is 12.1 Å². The van der Waals surface area contributed by atoms with E-state index in [0.717, 1.165) is 10.9 Å². The van der Waals surface area contributed by atoms with E-state index < -0.39 is 22.6 Å². The maximum absolute atomic E-state index is 15.0. The number of hydrogen-bond donors (Lipinski definition) is 2. The van der Waals surface area contributed by atoms with E-state index in [1.54, 1.807) is 31.4 Å². The molecule has 0 spiro atoms. The summed E-state index contributed by atoms with van der Waals surface area (Å²) in [7, 11) is 6.82. The zero-order valence-corrected chi connectivity index (χ0v) is 18.1. The normalized spacial score (nSPS) is 12.3. The third-order valence-electron chi connectivity index (χ3n) is 4.64. The van der Waals surface area contributed by atoms with Crippen LogP contribution in [0.2, 0.25) is 0 Å². The maximum atomic E-state index is 15.0. The summed E-state index contributed by atoms with van der Waals surface area (Å²) in [6, 6.07) is 10.0. The molecule has 0 aliphatic carbocycles. The van der Waals surface area contributed by atoms with Crippen LogP contribution >= 0.6 is 0 Å². The second-order valence-corrected chi connectivity index (χ2v) is 8.13. The first kappa shape index (κ1) is 21.9. The fourth-order valence-electron chi connectivity index (χ4n) is 3.22. The molecule has 0 radical (unpaired) electrons. The molecule has 1 aromatic heterocycles. The molecule has 1 unspecified atom stereocenters. The Hall–Kier alpha value is -2.75. The standard InChI is InChI=1S/C21H24FN3O4S/c1-23-30(27)24-18-7-5-6-13(20(18)22)10-16-17(12-25(2)3)15-9-8-14(28-4)11-19(15)29-21(16)26/h5-9,11,23-24H,10,12H2,1-4H3. The Morgan fingerprint density at radius 3 is 2.63 bits per heavy atom. The van der Waals surface area contributed by atoms with Crippen molar-refractivity contribution in [3.8, 4) is 5.75 Å². The Labute approximate surface area is 176 Å². The molecule has 0 fully saturated rings. The molecule has 3 aromatic rings. The quantitative estimate of drug-likeness (QED) is 0.534. The lowest BCUT2D eigenvalue weighted by molar-refractivity contribution is 0.399. The van der Waals surface area contributed by atoms with E-state index in [2.05, 4.69) is 9.44 Å². The Morgan fingerprint density at radius 1 is 1.20 bits per heavy atom. The van der Waals surface area contributed by atoms with Gasteiger partial charge in [-0.15, -0.1) is 0 Å². The second-order valence-electron chi connectivity index (χ2n) is 6.98. The van der Waals surface area contributed by atoms with E-state index in [0.29, 0.717) is 29.0 Å². The molecular weight excluding hydrogens is 409 g/mol. The minimum absolute atomic E-state index is 0.0427. The Kier molecular flexibility index (Phi) is 6.86. The van der Waals surface area contributed by atoms with Gasteiger partial charge in [-0.2, -0.15) is 0 Å². The fraction of sp³-hybridized carbons (Fsp3) is 0.286. The van der Waals surface area contributed by atoms with E-state index in [4.69, 9.17) is 9.15 Å². The van der Waals surface area contributed by atoms with Crippen LogP contribution in [0.4, 0.5) is 10.1 Å². The average molecular weight is 434 g/mol. The molecule has 0 amide bonds. The van der Waals surface area contributed by atoms with Gasteiger partial charge in [-0.3, -0.25) is 4.72 Å². The number of rotatable bonds is 8. The van der Waals surface area contributed by atoms with Gasteiger partial charge in [0.15, 0.2) is 17.0 Å². The van der Waals surface area contributed by atoms with Crippen molar-refractivity contribution in [2.24, 2.45) is 0 Å². The summed E-state index contributed by atoms with van der Waals surface area (Å²) in [4.78, 5) is 14.8. The zero-order chi connectivity index (χ0) is 21.8. The van der Waals surface area contributed by atoms with E-state index in [9.17, 15) is 9.00 Å². The van der Waals surface area contributed by atoms with Gasteiger partial charge in [-0.25, -0.2) is 18.1 Å². The molecular formula is C21H24FN3O4S. The van der Waals surface area contributed by atoms with Crippen molar-refractivity contribution in [2.75, 3.05) is 33.0 Å². The van der Waals surface area contributed by atoms with Crippen molar-refractivity contribution in [1.82, 2.24) is 9.62 Å². The monoisotopic (exact) mass is 433 g/mol. The molecule has 1 heterocycles. The Bertz CT molecular complexity index is 1150. The molecule has 3 rings (SSSR count). The van der Waals surface area contributed by atoms with Crippen LogP contribution in [0.15, 0.2) is 45.6 Å². The number of halogens is 1. The first-order valence-electron chi connectivity index (χ1n) is 9.24. The van der Waals surface area contributed by atoms with Crippen LogP contribution in [0.25, 0.3) is 11.0 Å². The highest BCUT2D eigenvalue weighted by molar-refractivity contribution is 7.84.